The van der Waals surface area contributed by atoms with Crippen molar-refractivity contribution in [2.24, 2.45) is 0 Å². The number of fused-ring (bicyclic) bond motifs is 1. The van der Waals surface area contributed by atoms with Crippen molar-refractivity contribution in [1.82, 2.24) is 19.5 Å². The Morgan fingerprint density at radius 2 is 2.26 bits per heavy atom. The van der Waals surface area contributed by atoms with Crippen LogP contribution >= 0.6 is 0 Å². The van der Waals surface area contributed by atoms with E-state index in [9.17, 15) is 9.90 Å². The lowest BCUT2D eigenvalue weighted by molar-refractivity contribution is 0.0592. The molecule has 1 saturated heterocycles. The van der Waals surface area contributed by atoms with Gasteiger partial charge in [-0.05, 0) is 25.0 Å². The number of anilines is 2. The Morgan fingerprint density at radius 3 is 3.04 bits per heavy atom. The Balaban J connectivity index is 1.81. The van der Waals surface area contributed by atoms with Crippen LogP contribution in [0, 0.1) is 0 Å². The van der Waals surface area contributed by atoms with E-state index in [2.05, 4.69) is 20.3 Å². The van der Waals surface area contributed by atoms with E-state index in [1.165, 1.54) is 0 Å². The van der Waals surface area contributed by atoms with Gasteiger partial charge < -0.3 is 15.2 Å². The molecule has 3 aromatic rings. The zero-order valence-electron chi connectivity index (χ0n) is 12.2. The van der Waals surface area contributed by atoms with Gasteiger partial charge in [-0.3, -0.25) is 9.55 Å². The molecule has 1 fully saturated rings. The molecule has 0 bridgehead atoms. The minimum absolute atomic E-state index is 0.0804. The van der Waals surface area contributed by atoms with Gasteiger partial charge in [0.15, 0.2) is 5.65 Å². The molecule has 118 valence electrons. The first-order chi connectivity index (χ1) is 11.2. The van der Waals surface area contributed by atoms with Crippen molar-refractivity contribution in [2.75, 3.05) is 11.9 Å². The molecular formula is C15H15N5O3. The van der Waals surface area contributed by atoms with Crippen LogP contribution < -0.4 is 11.0 Å². The highest BCUT2D eigenvalue weighted by molar-refractivity contribution is 5.85. The fraction of sp³-hybridized carbons (Fsp3) is 0.267. The lowest BCUT2D eigenvalue weighted by atomic mass is 10.3. The third-order valence-electron chi connectivity index (χ3n) is 3.82. The largest absolute Gasteiger partial charge is 0.506 e. The number of phenols is 1. The Morgan fingerprint density at radius 1 is 1.39 bits per heavy atom. The minimum Gasteiger partial charge on any atom is -0.506 e. The number of benzene rings is 1. The number of hydrogen-bond acceptors (Lipinski definition) is 6. The van der Waals surface area contributed by atoms with Crippen LogP contribution in [0.3, 0.4) is 0 Å². The molecule has 0 radical (unpaired) electrons. The van der Waals surface area contributed by atoms with Crippen LogP contribution in [-0.2, 0) is 4.74 Å². The second-order valence-corrected chi connectivity index (χ2v) is 5.35. The molecule has 3 heterocycles. The molecule has 23 heavy (non-hydrogen) atoms. The summed E-state index contributed by atoms with van der Waals surface area (Å²) in [4.78, 5) is 22.9. The molecule has 8 heteroatoms. The molecule has 2 aromatic heterocycles. The minimum atomic E-state index is -0.491. The number of H-pyrrole nitrogens is 1. The quantitative estimate of drug-likeness (QED) is 0.638. The number of rotatable bonds is 3. The summed E-state index contributed by atoms with van der Waals surface area (Å²) in [6.07, 6.45) is 3.31. The van der Waals surface area contributed by atoms with Gasteiger partial charge in [-0.15, -0.1) is 0 Å². The molecule has 0 saturated carbocycles. The van der Waals surface area contributed by atoms with Crippen molar-refractivity contribution in [3.63, 3.8) is 0 Å². The summed E-state index contributed by atoms with van der Waals surface area (Å²) in [5.41, 5.74) is 0.958. The van der Waals surface area contributed by atoms with Crippen LogP contribution in [0.4, 0.5) is 11.5 Å². The fourth-order valence-electron chi connectivity index (χ4n) is 2.73. The smallest absolute Gasteiger partial charge is 0.348 e. The molecule has 8 nitrogen and oxygen atoms in total. The monoisotopic (exact) mass is 313 g/mol. The van der Waals surface area contributed by atoms with Crippen molar-refractivity contribution in [3.8, 4) is 5.75 Å². The molecule has 1 atom stereocenters. The molecule has 1 aromatic carbocycles. The van der Waals surface area contributed by atoms with Crippen LogP contribution in [0.1, 0.15) is 19.1 Å². The van der Waals surface area contributed by atoms with Crippen LogP contribution in [-0.4, -0.2) is 31.2 Å². The highest BCUT2D eigenvalue weighted by Gasteiger charge is 2.22. The SMILES string of the molecule is O=c1nc2c(ncn2C2CCCO2)c(Nc2ccccc2O)[nH]1. The number of ether oxygens (including phenoxy) is 1. The Kier molecular flexibility index (Phi) is 3.23. The third-order valence-corrected chi connectivity index (χ3v) is 3.82. The first-order valence-corrected chi connectivity index (χ1v) is 7.36. The van der Waals surface area contributed by atoms with E-state index in [0.29, 0.717) is 29.3 Å². The Labute approximate surface area is 130 Å². The summed E-state index contributed by atoms with van der Waals surface area (Å²) in [7, 11) is 0. The van der Waals surface area contributed by atoms with Gasteiger partial charge in [-0.25, -0.2) is 9.78 Å². The first-order valence-electron chi connectivity index (χ1n) is 7.36. The zero-order valence-corrected chi connectivity index (χ0v) is 12.2. The molecule has 3 N–H and O–H groups in total. The molecule has 0 spiro atoms. The maximum absolute atomic E-state index is 11.9. The number of aromatic hydroxyl groups is 1. The van der Waals surface area contributed by atoms with E-state index >= 15 is 0 Å². The van der Waals surface area contributed by atoms with E-state index in [1.807, 2.05) is 0 Å². The van der Waals surface area contributed by atoms with Crippen LogP contribution in [0.5, 0.6) is 5.75 Å². The molecule has 1 aliphatic rings. The molecule has 1 aliphatic heterocycles. The van der Waals surface area contributed by atoms with Crippen molar-refractivity contribution < 1.29 is 9.84 Å². The summed E-state index contributed by atoms with van der Waals surface area (Å²) < 4.78 is 7.40. The topological polar surface area (TPSA) is 105 Å². The summed E-state index contributed by atoms with van der Waals surface area (Å²) in [6.45, 7) is 0.691. The average molecular weight is 313 g/mol. The summed E-state index contributed by atoms with van der Waals surface area (Å²) in [6, 6.07) is 6.77. The summed E-state index contributed by atoms with van der Waals surface area (Å²) >= 11 is 0. The Hall–Kier alpha value is -2.87. The van der Waals surface area contributed by atoms with E-state index in [1.54, 1.807) is 35.2 Å². The van der Waals surface area contributed by atoms with Crippen molar-refractivity contribution in [3.05, 3.63) is 41.1 Å². The maximum Gasteiger partial charge on any atom is 0.348 e. The number of nitrogens with zero attached hydrogens (tertiary/aromatic N) is 3. The first kappa shape index (κ1) is 13.8. The molecule has 0 aliphatic carbocycles. The van der Waals surface area contributed by atoms with Gasteiger partial charge in [0, 0.05) is 6.61 Å². The second-order valence-electron chi connectivity index (χ2n) is 5.35. The lowest BCUT2D eigenvalue weighted by Crippen LogP contribution is -2.15. The number of aromatic nitrogens is 4. The maximum atomic E-state index is 11.9. The van der Waals surface area contributed by atoms with Crippen molar-refractivity contribution in [1.29, 1.82) is 0 Å². The van der Waals surface area contributed by atoms with Gasteiger partial charge in [-0.2, -0.15) is 4.98 Å². The predicted octanol–water partition coefficient (Wildman–Crippen LogP) is 1.88. The van der Waals surface area contributed by atoms with Crippen LogP contribution in [0.15, 0.2) is 35.4 Å². The fourth-order valence-corrected chi connectivity index (χ4v) is 2.73. The van der Waals surface area contributed by atoms with Crippen LogP contribution in [0.2, 0.25) is 0 Å². The second kappa shape index (κ2) is 5.40. The van der Waals surface area contributed by atoms with E-state index in [0.717, 1.165) is 12.8 Å². The van der Waals surface area contributed by atoms with E-state index in [4.69, 9.17) is 4.74 Å². The van der Waals surface area contributed by atoms with Gasteiger partial charge in [0.1, 0.15) is 23.3 Å². The Bertz CT molecular complexity index is 911. The van der Waals surface area contributed by atoms with E-state index < -0.39 is 5.69 Å². The lowest BCUT2D eigenvalue weighted by Gasteiger charge is -2.12. The van der Waals surface area contributed by atoms with Crippen LogP contribution in [0.25, 0.3) is 11.2 Å². The van der Waals surface area contributed by atoms with Gasteiger partial charge in [0.2, 0.25) is 0 Å². The number of imidazole rings is 1. The highest BCUT2D eigenvalue weighted by Crippen LogP contribution is 2.30. The van der Waals surface area contributed by atoms with Crippen molar-refractivity contribution >= 4 is 22.7 Å². The number of aromatic amines is 1. The van der Waals surface area contributed by atoms with Crippen molar-refractivity contribution in [2.45, 2.75) is 19.1 Å². The molecule has 0 amide bonds. The molecule has 1 unspecified atom stereocenters. The van der Waals surface area contributed by atoms with Gasteiger partial charge >= 0.3 is 5.69 Å². The normalized spacial score (nSPS) is 17.7. The molecule has 4 rings (SSSR count). The van der Waals surface area contributed by atoms with Gasteiger partial charge in [0.25, 0.3) is 0 Å². The zero-order chi connectivity index (χ0) is 15.8. The number of hydrogen-bond donors (Lipinski definition) is 3. The predicted molar refractivity (Wildman–Crippen MR) is 83.8 cm³/mol. The van der Waals surface area contributed by atoms with E-state index in [-0.39, 0.29) is 12.0 Å². The molecular weight excluding hydrogens is 298 g/mol. The number of nitrogens with one attached hydrogen (secondary N) is 2. The third kappa shape index (κ3) is 2.42. The number of para-hydroxylation sites is 2. The summed E-state index contributed by atoms with van der Waals surface area (Å²) in [5.74, 6) is 0.468. The highest BCUT2D eigenvalue weighted by atomic mass is 16.5. The average Bonchev–Trinajstić information content (AvgIpc) is 3.18. The van der Waals surface area contributed by atoms with Gasteiger partial charge in [-0.1, -0.05) is 12.1 Å². The number of phenolic OH excluding ortho intramolecular Hbond substituents is 1. The van der Waals surface area contributed by atoms with Gasteiger partial charge in [0.05, 0.1) is 12.0 Å². The summed E-state index contributed by atoms with van der Waals surface area (Å²) in [5, 5.41) is 12.9. The standard InChI is InChI=1S/C15H15N5O3/c21-10-5-2-1-4-9(10)17-13-12-14(19-15(22)18-13)20(8-16-12)11-6-3-7-23-11/h1-2,4-5,8,11,21H,3,6-7H2,(H2,17,18,19,22).